The summed E-state index contributed by atoms with van der Waals surface area (Å²) in [6.45, 7) is 0. The molecule has 0 bridgehead atoms. The van der Waals surface area contributed by atoms with Gasteiger partial charge in [0, 0.05) is 16.5 Å². The fraction of sp³-hybridized carbons (Fsp3) is 0.385. The summed E-state index contributed by atoms with van der Waals surface area (Å²) in [6.07, 6.45) is 4.80. The average Bonchev–Trinajstić information content (AvgIpc) is 2.98. The summed E-state index contributed by atoms with van der Waals surface area (Å²) < 4.78 is 0.985. The summed E-state index contributed by atoms with van der Waals surface area (Å²) in [5.41, 5.74) is 0.897. The van der Waals surface area contributed by atoms with Crippen LogP contribution in [0.4, 0.5) is 0 Å². The molecule has 0 unspecified atom stereocenters. The number of halogens is 1. The zero-order valence-electron chi connectivity index (χ0n) is 9.78. The van der Waals surface area contributed by atoms with Gasteiger partial charge in [0.1, 0.15) is 0 Å². The van der Waals surface area contributed by atoms with Crippen molar-refractivity contribution in [3.63, 3.8) is 0 Å². The molecule has 2 aromatic heterocycles. The van der Waals surface area contributed by atoms with Crippen molar-refractivity contribution >= 4 is 27.3 Å². The largest absolute Gasteiger partial charge is 0.306 e. The number of H-pyrrole nitrogens is 1. The van der Waals surface area contributed by atoms with E-state index in [1.165, 1.54) is 12.8 Å². The Morgan fingerprint density at radius 3 is 2.83 bits per heavy atom. The van der Waals surface area contributed by atoms with Crippen molar-refractivity contribution in [2.24, 2.45) is 0 Å². The molecule has 0 spiro atoms. The second-order valence-electron chi connectivity index (χ2n) is 4.60. The minimum atomic E-state index is -0.0535. The molecule has 1 saturated carbocycles. The van der Waals surface area contributed by atoms with Gasteiger partial charge in [0.05, 0.1) is 10.6 Å². The lowest BCUT2D eigenvalue weighted by molar-refractivity contribution is 0.693. The van der Waals surface area contributed by atoms with Gasteiger partial charge in [0.15, 0.2) is 5.82 Å². The van der Waals surface area contributed by atoms with Crippen molar-refractivity contribution in [2.45, 2.75) is 31.6 Å². The molecule has 2 heterocycles. The Kier molecular flexibility index (Phi) is 3.35. The van der Waals surface area contributed by atoms with Crippen molar-refractivity contribution in [1.82, 2.24) is 9.97 Å². The second kappa shape index (κ2) is 4.97. The van der Waals surface area contributed by atoms with E-state index in [1.54, 1.807) is 17.4 Å². The third-order valence-corrected chi connectivity index (χ3v) is 5.21. The maximum atomic E-state index is 11.8. The van der Waals surface area contributed by atoms with Crippen LogP contribution >= 0.6 is 27.3 Å². The summed E-state index contributed by atoms with van der Waals surface area (Å²) in [5, 5.41) is 1.99. The molecular weight excluding hydrogens is 312 g/mol. The third kappa shape index (κ3) is 2.29. The number of thiophene rings is 1. The van der Waals surface area contributed by atoms with Gasteiger partial charge >= 0.3 is 0 Å². The first-order valence-electron chi connectivity index (χ1n) is 6.08. The topological polar surface area (TPSA) is 45.8 Å². The number of rotatable bonds is 2. The molecule has 1 fully saturated rings. The number of hydrogen-bond donors (Lipinski definition) is 1. The fourth-order valence-electron chi connectivity index (χ4n) is 2.48. The third-order valence-electron chi connectivity index (χ3n) is 3.37. The molecule has 18 heavy (non-hydrogen) atoms. The Morgan fingerprint density at radius 2 is 2.17 bits per heavy atom. The van der Waals surface area contributed by atoms with Crippen LogP contribution in [-0.4, -0.2) is 9.97 Å². The lowest BCUT2D eigenvalue weighted by Gasteiger charge is -2.09. The van der Waals surface area contributed by atoms with Gasteiger partial charge in [-0.15, -0.1) is 11.3 Å². The molecule has 5 heteroatoms. The summed E-state index contributed by atoms with van der Waals surface area (Å²) in [4.78, 5) is 20.2. The highest BCUT2D eigenvalue weighted by atomic mass is 79.9. The first-order valence-corrected chi connectivity index (χ1v) is 7.76. The minimum Gasteiger partial charge on any atom is -0.306 e. The number of aromatic amines is 1. The smallest absolute Gasteiger partial charge is 0.251 e. The summed E-state index contributed by atoms with van der Waals surface area (Å²) in [6, 6.07) is 3.63. The molecule has 0 aliphatic heterocycles. The van der Waals surface area contributed by atoms with Gasteiger partial charge in [-0.1, -0.05) is 12.8 Å². The number of nitrogens with zero attached hydrogens (tertiary/aromatic N) is 1. The molecule has 0 aromatic carbocycles. The lowest BCUT2D eigenvalue weighted by Crippen LogP contribution is -2.11. The predicted octanol–water partition coefficient (Wildman–Crippen LogP) is 3.92. The SMILES string of the molecule is O=c1cc(C2CCCC2)nc(-c2sccc2Br)[nH]1. The number of hydrogen-bond acceptors (Lipinski definition) is 3. The maximum absolute atomic E-state index is 11.8. The van der Waals surface area contributed by atoms with Crippen LogP contribution in [0.15, 0.2) is 26.8 Å². The van der Waals surface area contributed by atoms with Crippen molar-refractivity contribution < 1.29 is 0 Å². The van der Waals surface area contributed by atoms with E-state index in [-0.39, 0.29) is 5.56 Å². The van der Waals surface area contributed by atoms with E-state index in [1.807, 2.05) is 11.4 Å². The Hall–Kier alpha value is -0.940. The molecule has 3 nitrogen and oxygen atoms in total. The van der Waals surface area contributed by atoms with Gasteiger partial charge in [0.2, 0.25) is 0 Å². The Morgan fingerprint density at radius 1 is 1.39 bits per heavy atom. The number of aromatic nitrogens is 2. The predicted molar refractivity (Wildman–Crippen MR) is 77.1 cm³/mol. The Balaban J connectivity index is 2.06. The van der Waals surface area contributed by atoms with Crippen LogP contribution in [-0.2, 0) is 0 Å². The molecule has 0 saturated heterocycles. The van der Waals surface area contributed by atoms with Crippen LogP contribution < -0.4 is 5.56 Å². The van der Waals surface area contributed by atoms with E-state index in [0.717, 1.165) is 27.9 Å². The summed E-state index contributed by atoms with van der Waals surface area (Å²) in [7, 11) is 0. The molecule has 2 aromatic rings. The normalized spacial score (nSPS) is 16.3. The zero-order chi connectivity index (χ0) is 12.5. The van der Waals surface area contributed by atoms with Crippen LogP contribution in [0.3, 0.4) is 0 Å². The van der Waals surface area contributed by atoms with Gasteiger partial charge < -0.3 is 4.98 Å². The van der Waals surface area contributed by atoms with Crippen molar-refractivity contribution in [1.29, 1.82) is 0 Å². The van der Waals surface area contributed by atoms with Crippen LogP contribution in [0.2, 0.25) is 0 Å². The summed E-state index contributed by atoms with van der Waals surface area (Å²) in [5.74, 6) is 1.15. The van der Waals surface area contributed by atoms with E-state index >= 15 is 0 Å². The molecule has 3 rings (SSSR count). The van der Waals surface area contributed by atoms with Crippen LogP contribution in [0.25, 0.3) is 10.7 Å². The molecular formula is C13H13BrN2OS. The van der Waals surface area contributed by atoms with E-state index in [9.17, 15) is 4.79 Å². The Bertz CT molecular complexity index is 613. The zero-order valence-corrected chi connectivity index (χ0v) is 12.2. The molecule has 1 aliphatic rings. The fourth-order valence-corrected chi connectivity index (χ4v) is 3.98. The van der Waals surface area contributed by atoms with E-state index in [0.29, 0.717) is 11.7 Å². The number of nitrogens with one attached hydrogen (secondary N) is 1. The monoisotopic (exact) mass is 324 g/mol. The van der Waals surface area contributed by atoms with E-state index in [4.69, 9.17) is 0 Å². The highest BCUT2D eigenvalue weighted by molar-refractivity contribution is 9.10. The minimum absolute atomic E-state index is 0.0535. The molecule has 0 atom stereocenters. The maximum Gasteiger partial charge on any atom is 0.251 e. The lowest BCUT2D eigenvalue weighted by atomic mass is 10.0. The van der Waals surface area contributed by atoms with E-state index in [2.05, 4.69) is 25.9 Å². The first kappa shape index (κ1) is 12.1. The van der Waals surface area contributed by atoms with Gasteiger partial charge in [-0.2, -0.15) is 0 Å². The van der Waals surface area contributed by atoms with Gasteiger partial charge in [-0.05, 0) is 40.2 Å². The van der Waals surface area contributed by atoms with Crippen LogP contribution in [0.5, 0.6) is 0 Å². The molecule has 94 valence electrons. The van der Waals surface area contributed by atoms with E-state index < -0.39 is 0 Å². The van der Waals surface area contributed by atoms with Gasteiger partial charge in [0.25, 0.3) is 5.56 Å². The molecule has 0 radical (unpaired) electrons. The molecule has 1 N–H and O–H groups in total. The van der Waals surface area contributed by atoms with Crippen molar-refractivity contribution in [3.8, 4) is 10.7 Å². The highest BCUT2D eigenvalue weighted by Gasteiger charge is 2.20. The molecule has 1 aliphatic carbocycles. The quantitative estimate of drug-likeness (QED) is 0.910. The standard InChI is InChI=1S/C13H13BrN2OS/c14-9-5-6-18-12(9)13-15-10(7-11(17)16-13)8-3-1-2-4-8/h5-8H,1-4H2,(H,15,16,17). The van der Waals surface area contributed by atoms with Crippen LogP contribution in [0, 0.1) is 0 Å². The molecule has 0 amide bonds. The van der Waals surface area contributed by atoms with Crippen LogP contribution in [0.1, 0.15) is 37.3 Å². The van der Waals surface area contributed by atoms with Gasteiger partial charge in [-0.3, -0.25) is 4.79 Å². The average molecular weight is 325 g/mol. The van der Waals surface area contributed by atoms with Gasteiger partial charge in [-0.25, -0.2) is 4.98 Å². The second-order valence-corrected chi connectivity index (χ2v) is 6.37. The first-order chi connectivity index (χ1) is 8.74. The van der Waals surface area contributed by atoms with Crippen molar-refractivity contribution in [2.75, 3.05) is 0 Å². The summed E-state index contributed by atoms with van der Waals surface area (Å²) >= 11 is 5.07. The Labute approximate surface area is 117 Å². The van der Waals surface area contributed by atoms with Crippen molar-refractivity contribution in [3.05, 3.63) is 38.0 Å². The highest BCUT2D eigenvalue weighted by Crippen LogP contribution is 2.35.